The highest BCUT2D eigenvalue weighted by Crippen LogP contribution is 2.32. The second-order valence-electron chi connectivity index (χ2n) is 3.31. The van der Waals surface area contributed by atoms with Crippen molar-refractivity contribution in [2.45, 2.75) is 6.42 Å². The van der Waals surface area contributed by atoms with Crippen molar-refractivity contribution < 1.29 is 14.3 Å². The number of halogens is 2. The van der Waals surface area contributed by atoms with E-state index in [1.54, 1.807) is 17.5 Å². The van der Waals surface area contributed by atoms with Crippen LogP contribution in [-0.4, -0.2) is 16.1 Å². The molecule has 0 atom stereocenters. The van der Waals surface area contributed by atoms with E-state index in [0.29, 0.717) is 20.7 Å². The maximum Gasteiger partial charge on any atom is 0.309 e. The molecule has 1 N–H and O–H groups in total. The SMILES string of the molecule is O=C(O)Cc1csc(-c2c(F)cccc2Br)n1. The number of carboxylic acid groups (broad SMARTS) is 1. The van der Waals surface area contributed by atoms with E-state index < -0.39 is 5.97 Å². The molecule has 88 valence electrons. The van der Waals surface area contributed by atoms with Crippen LogP contribution in [0.1, 0.15) is 5.69 Å². The third-order valence-electron chi connectivity index (χ3n) is 2.06. The van der Waals surface area contributed by atoms with Crippen LogP contribution in [-0.2, 0) is 11.2 Å². The van der Waals surface area contributed by atoms with Crippen LogP contribution in [0.25, 0.3) is 10.6 Å². The van der Waals surface area contributed by atoms with Crippen molar-refractivity contribution in [3.05, 3.63) is 39.6 Å². The first-order chi connectivity index (χ1) is 8.08. The Kier molecular flexibility index (Phi) is 3.54. The lowest BCUT2D eigenvalue weighted by molar-refractivity contribution is -0.136. The van der Waals surface area contributed by atoms with Gasteiger partial charge in [0.05, 0.1) is 17.7 Å². The molecule has 17 heavy (non-hydrogen) atoms. The molecule has 0 fully saturated rings. The van der Waals surface area contributed by atoms with Gasteiger partial charge in [-0.05, 0) is 28.1 Å². The van der Waals surface area contributed by atoms with Gasteiger partial charge < -0.3 is 5.11 Å². The molecule has 0 saturated heterocycles. The molecule has 1 heterocycles. The van der Waals surface area contributed by atoms with Crippen molar-refractivity contribution in [1.82, 2.24) is 4.98 Å². The van der Waals surface area contributed by atoms with E-state index in [2.05, 4.69) is 20.9 Å². The summed E-state index contributed by atoms with van der Waals surface area (Å²) < 4.78 is 14.2. The van der Waals surface area contributed by atoms with Crippen molar-refractivity contribution in [3.8, 4) is 10.6 Å². The first-order valence-corrected chi connectivity index (χ1v) is 6.36. The summed E-state index contributed by atoms with van der Waals surface area (Å²) in [6.07, 6.45) is -0.150. The summed E-state index contributed by atoms with van der Waals surface area (Å²) in [5, 5.41) is 10.7. The number of nitrogens with zero attached hydrogens (tertiary/aromatic N) is 1. The Morgan fingerprint density at radius 3 is 2.94 bits per heavy atom. The molecular weight excluding hydrogens is 309 g/mol. The summed E-state index contributed by atoms with van der Waals surface area (Å²) in [5.41, 5.74) is 0.807. The molecule has 0 aliphatic carbocycles. The quantitative estimate of drug-likeness (QED) is 0.945. The van der Waals surface area contributed by atoms with Crippen LogP contribution in [0.15, 0.2) is 28.1 Å². The maximum atomic E-state index is 13.6. The molecule has 0 spiro atoms. The van der Waals surface area contributed by atoms with Crippen LogP contribution < -0.4 is 0 Å². The lowest BCUT2D eigenvalue weighted by atomic mass is 10.2. The van der Waals surface area contributed by atoms with Crippen molar-refractivity contribution in [2.24, 2.45) is 0 Å². The van der Waals surface area contributed by atoms with Gasteiger partial charge in [0.25, 0.3) is 0 Å². The fraction of sp³-hybridized carbons (Fsp3) is 0.0909. The number of rotatable bonds is 3. The van der Waals surface area contributed by atoms with E-state index in [1.807, 2.05) is 0 Å². The molecule has 3 nitrogen and oxygen atoms in total. The van der Waals surface area contributed by atoms with Gasteiger partial charge in [-0.3, -0.25) is 4.79 Å². The van der Waals surface area contributed by atoms with Crippen molar-refractivity contribution in [3.63, 3.8) is 0 Å². The average Bonchev–Trinajstić information content (AvgIpc) is 2.65. The Bertz CT molecular complexity index is 550. The van der Waals surface area contributed by atoms with Gasteiger partial charge in [0.1, 0.15) is 10.8 Å². The van der Waals surface area contributed by atoms with Gasteiger partial charge in [-0.2, -0.15) is 0 Å². The zero-order chi connectivity index (χ0) is 12.4. The fourth-order valence-electron chi connectivity index (χ4n) is 1.36. The minimum atomic E-state index is -0.950. The smallest absolute Gasteiger partial charge is 0.309 e. The molecular formula is C11H7BrFNO2S. The first-order valence-electron chi connectivity index (χ1n) is 4.68. The number of aromatic nitrogens is 1. The number of carbonyl (C=O) groups is 1. The lowest BCUT2D eigenvalue weighted by Crippen LogP contribution is -2.00. The van der Waals surface area contributed by atoms with Gasteiger partial charge in [0.2, 0.25) is 0 Å². The summed E-state index contributed by atoms with van der Waals surface area (Å²) in [5.74, 6) is -1.33. The standard InChI is InChI=1S/C11H7BrFNO2S/c12-7-2-1-3-8(13)10(7)11-14-6(5-17-11)4-9(15)16/h1-3,5H,4H2,(H,15,16). The van der Waals surface area contributed by atoms with Crippen molar-refractivity contribution in [1.29, 1.82) is 0 Å². The molecule has 2 aromatic rings. The van der Waals surface area contributed by atoms with E-state index in [-0.39, 0.29) is 12.2 Å². The van der Waals surface area contributed by atoms with Crippen molar-refractivity contribution in [2.75, 3.05) is 0 Å². The number of hydrogen-bond acceptors (Lipinski definition) is 3. The van der Waals surface area contributed by atoms with Gasteiger partial charge in [-0.25, -0.2) is 9.37 Å². The number of hydrogen-bond donors (Lipinski definition) is 1. The van der Waals surface area contributed by atoms with Crippen LogP contribution in [0, 0.1) is 5.82 Å². The Hall–Kier alpha value is -1.27. The predicted octanol–water partition coefficient (Wildman–Crippen LogP) is 3.34. The summed E-state index contributed by atoms with van der Waals surface area (Å²) in [7, 11) is 0. The molecule has 0 radical (unpaired) electrons. The zero-order valence-electron chi connectivity index (χ0n) is 8.48. The van der Waals surface area contributed by atoms with Crippen LogP contribution in [0.3, 0.4) is 0 Å². The number of aliphatic carboxylic acids is 1. The van der Waals surface area contributed by atoms with E-state index in [1.165, 1.54) is 17.4 Å². The van der Waals surface area contributed by atoms with Crippen molar-refractivity contribution >= 4 is 33.2 Å². The third-order valence-corrected chi connectivity index (χ3v) is 3.63. The topological polar surface area (TPSA) is 50.2 Å². The number of thiazole rings is 1. The fourth-order valence-corrected chi connectivity index (χ4v) is 2.90. The Morgan fingerprint density at radius 1 is 1.53 bits per heavy atom. The highest BCUT2D eigenvalue weighted by Gasteiger charge is 2.14. The number of benzene rings is 1. The molecule has 1 aromatic carbocycles. The Morgan fingerprint density at radius 2 is 2.29 bits per heavy atom. The summed E-state index contributed by atoms with van der Waals surface area (Å²) in [6, 6.07) is 4.66. The first kappa shape index (κ1) is 12.2. The van der Waals surface area contributed by atoms with Gasteiger partial charge in [-0.15, -0.1) is 11.3 Å². The molecule has 0 aliphatic rings. The second-order valence-corrected chi connectivity index (χ2v) is 5.02. The highest BCUT2D eigenvalue weighted by molar-refractivity contribution is 9.10. The lowest BCUT2D eigenvalue weighted by Gasteiger charge is -2.01. The minimum Gasteiger partial charge on any atom is -0.481 e. The van der Waals surface area contributed by atoms with Gasteiger partial charge in [0.15, 0.2) is 0 Å². The Balaban J connectivity index is 2.40. The molecule has 0 aliphatic heterocycles. The Labute approximate surface area is 109 Å². The van der Waals surface area contributed by atoms with Crippen LogP contribution in [0.5, 0.6) is 0 Å². The van der Waals surface area contributed by atoms with Crippen LogP contribution in [0.2, 0.25) is 0 Å². The molecule has 0 unspecified atom stereocenters. The van der Waals surface area contributed by atoms with E-state index in [4.69, 9.17) is 5.11 Å². The van der Waals surface area contributed by atoms with Gasteiger partial charge >= 0.3 is 5.97 Å². The predicted molar refractivity (Wildman–Crippen MR) is 66.5 cm³/mol. The second kappa shape index (κ2) is 4.93. The summed E-state index contributed by atoms with van der Waals surface area (Å²) in [4.78, 5) is 14.6. The molecule has 0 saturated carbocycles. The molecule has 2 rings (SSSR count). The van der Waals surface area contributed by atoms with Crippen LogP contribution in [0.4, 0.5) is 4.39 Å². The van der Waals surface area contributed by atoms with E-state index >= 15 is 0 Å². The highest BCUT2D eigenvalue weighted by atomic mass is 79.9. The molecule has 6 heteroatoms. The minimum absolute atomic E-state index is 0.150. The largest absolute Gasteiger partial charge is 0.481 e. The number of carboxylic acids is 1. The monoisotopic (exact) mass is 315 g/mol. The van der Waals surface area contributed by atoms with E-state index in [0.717, 1.165) is 0 Å². The normalized spacial score (nSPS) is 10.5. The van der Waals surface area contributed by atoms with Crippen LogP contribution >= 0.6 is 27.3 Å². The summed E-state index contributed by atoms with van der Waals surface area (Å²) >= 11 is 4.48. The third kappa shape index (κ3) is 2.70. The van der Waals surface area contributed by atoms with Gasteiger partial charge in [0, 0.05) is 9.85 Å². The zero-order valence-corrected chi connectivity index (χ0v) is 10.9. The van der Waals surface area contributed by atoms with E-state index in [9.17, 15) is 9.18 Å². The maximum absolute atomic E-state index is 13.6. The molecule has 1 aromatic heterocycles. The average molecular weight is 316 g/mol. The molecule has 0 bridgehead atoms. The van der Waals surface area contributed by atoms with Gasteiger partial charge in [-0.1, -0.05) is 6.07 Å². The molecule has 0 amide bonds. The summed E-state index contributed by atoms with van der Waals surface area (Å²) in [6.45, 7) is 0.